The van der Waals surface area contributed by atoms with Gasteiger partial charge in [-0.25, -0.2) is 0 Å². The summed E-state index contributed by atoms with van der Waals surface area (Å²) >= 11 is 0. The van der Waals surface area contributed by atoms with E-state index in [0.29, 0.717) is 0 Å². The molecule has 0 atom stereocenters. The third-order valence-corrected chi connectivity index (χ3v) is 3.74. The molecular formula is C19H26N2. The van der Waals surface area contributed by atoms with Crippen LogP contribution in [0.3, 0.4) is 0 Å². The van der Waals surface area contributed by atoms with Gasteiger partial charge in [-0.05, 0) is 49.7 Å². The van der Waals surface area contributed by atoms with Gasteiger partial charge >= 0.3 is 0 Å². The van der Waals surface area contributed by atoms with Gasteiger partial charge in [0.05, 0.1) is 0 Å². The lowest BCUT2D eigenvalue weighted by atomic mass is 10.1. The van der Waals surface area contributed by atoms with Crippen LogP contribution in [0.25, 0.3) is 0 Å². The van der Waals surface area contributed by atoms with E-state index in [4.69, 9.17) is 0 Å². The van der Waals surface area contributed by atoms with Crippen LogP contribution in [-0.2, 0) is 6.54 Å². The Morgan fingerprint density at radius 2 is 1.81 bits per heavy atom. The second-order valence-electron chi connectivity index (χ2n) is 5.49. The second kappa shape index (κ2) is 7.84. The summed E-state index contributed by atoms with van der Waals surface area (Å²) < 4.78 is 0. The number of para-hydroxylation sites is 1. The van der Waals surface area contributed by atoms with E-state index in [0.717, 1.165) is 13.1 Å². The first-order chi connectivity index (χ1) is 10.3. The maximum atomic E-state index is 3.21. The van der Waals surface area contributed by atoms with Gasteiger partial charge < -0.3 is 10.2 Å². The summed E-state index contributed by atoms with van der Waals surface area (Å²) in [6.45, 7) is 6.43. The molecule has 2 aromatic rings. The Labute approximate surface area is 128 Å². The molecule has 0 aliphatic rings. The molecule has 1 N–H and O–H groups in total. The molecule has 2 nitrogen and oxygen atoms in total. The van der Waals surface area contributed by atoms with E-state index in [2.05, 4.69) is 72.6 Å². The summed E-state index contributed by atoms with van der Waals surface area (Å²) in [5.74, 6) is 0. The van der Waals surface area contributed by atoms with Crippen molar-refractivity contribution in [3.8, 4) is 0 Å². The highest BCUT2D eigenvalue weighted by Crippen LogP contribution is 2.29. The lowest BCUT2D eigenvalue weighted by Gasteiger charge is -2.27. The molecule has 0 unspecified atom stereocenters. The molecule has 2 aromatic carbocycles. The molecule has 21 heavy (non-hydrogen) atoms. The maximum Gasteiger partial charge on any atom is 0.0440 e. The summed E-state index contributed by atoms with van der Waals surface area (Å²) in [6.07, 6.45) is 2.41. The Morgan fingerprint density at radius 3 is 2.43 bits per heavy atom. The average Bonchev–Trinajstić information content (AvgIpc) is 2.51. The van der Waals surface area contributed by atoms with Crippen LogP contribution in [0.5, 0.6) is 0 Å². The Bertz CT molecular complexity index is 549. The van der Waals surface area contributed by atoms with Crippen LogP contribution in [-0.4, -0.2) is 13.6 Å². The summed E-state index contributed by atoms with van der Waals surface area (Å²) in [6, 6.07) is 17.4. The number of unbranched alkanes of at least 4 members (excludes halogenated alkanes) is 1. The second-order valence-corrected chi connectivity index (χ2v) is 5.49. The zero-order valence-corrected chi connectivity index (χ0v) is 13.4. The predicted molar refractivity (Wildman–Crippen MR) is 92.3 cm³/mol. The van der Waals surface area contributed by atoms with E-state index in [-0.39, 0.29) is 0 Å². The van der Waals surface area contributed by atoms with Gasteiger partial charge in [0.25, 0.3) is 0 Å². The minimum atomic E-state index is 0.918. The lowest BCUT2D eigenvalue weighted by Crippen LogP contribution is -2.19. The van der Waals surface area contributed by atoms with Gasteiger partial charge in [0.1, 0.15) is 0 Å². The molecule has 2 heteroatoms. The molecule has 0 fully saturated rings. The molecule has 0 saturated carbocycles. The van der Waals surface area contributed by atoms with Crippen LogP contribution in [0.2, 0.25) is 0 Å². The van der Waals surface area contributed by atoms with Gasteiger partial charge in [0.2, 0.25) is 0 Å². The average molecular weight is 282 g/mol. The van der Waals surface area contributed by atoms with Crippen molar-refractivity contribution in [3.05, 3.63) is 59.7 Å². The van der Waals surface area contributed by atoms with Gasteiger partial charge in [-0.2, -0.15) is 0 Å². The lowest BCUT2D eigenvalue weighted by molar-refractivity contribution is 0.783. The van der Waals surface area contributed by atoms with Crippen LogP contribution >= 0.6 is 0 Å². The monoisotopic (exact) mass is 282 g/mol. The molecule has 0 radical (unpaired) electrons. The van der Waals surface area contributed by atoms with Crippen molar-refractivity contribution in [2.45, 2.75) is 33.2 Å². The topological polar surface area (TPSA) is 15.3 Å². The summed E-state index contributed by atoms with van der Waals surface area (Å²) in [4.78, 5) is 2.43. The number of hydrogen-bond donors (Lipinski definition) is 1. The molecule has 0 saturated heterocycles. The smallest absolute Gasteiger partial charge is 0.0440 e. The molecule has 0 aliphatic heterocycles. The van der Waals surface area contributed by atoms with Crippen molar-refractivity contribution in [1.82, 2.24) is 5.32 Å². The van der Waals surface area contributed by atoms with Gasteiger partial charge in [0, 0.05) is 24.5 Å². The molecular weight excluding hydrogens is 256 g/mol. The van der Waals surface area contributed by atoms with Crippen molar-refractivity contribution in [2.75, 3.05) is 18.5 Å². The largest absolute Gasteiger partial charge is 0.341 e. The van der Waals surface area contributed by atoms with Gasteiger partial charge in [-0.1, -0.05) is 43.7 Å². The fraction of sp³-hybridized carbons (Fsp3) is 0.368. The molecule has 0 amide bonds. The number of nitrogens with one attached hydrogen (secondary N) is 1. The fourth-order valence-corrected chi connectivity index (χ4v) is 2.65. The highest BCUT2D eigenvalue weighted by Gasteiger charge is 2.11. The SMILES string of the molecule is CCCCN(c1ccccc1)c1ccc(CNC)cc1C. The number of hydrogen-bond acceptors (Lipinski definition) is 2. The predicted octanol–water partition coefficient (Wildman–Crippen LogP) is 4.65. The quantitative estimate of drug-likeness (QED) is 0.795. The summed E-state index contributed by atoms with van der Waals surface area (Å²) in [7, 11) is 1.99. The van der Waals surface area contributed by atoms with Crippen molar-refractivity contribution in [1.29, 1.82) is 0 Å². The van der Waals surface area contributed by atoms with E-state index in [1.54, 1.807) is 0 Å². The Kier molecular flexibility index (Phi) is 5.82. The summed E-state index contributed by atoms with van der Waals surface area (Å²) in [5.41, 5.74) is 5.26. The molecule has 0 aromatic heterocycles. The van der Waals surface area contributed by atoms with Crippen LogP contribution in [0, 0.1) is 6.92 Å². The van der Waals surface area contributed by atoms with Crippen molar-refractivity contribution in [3.63, 3.8) is 0 Å². The highest BCUT2D eigenvalue weighted by molar-refractivity contribution is 5.66. The zero-order valence-electron chi connectivity index (χ0n) is 13.4. The zero-order chi connectivity index (χ0) is 15.1. The Balaban J connectivity index is 2.32. The number of benzene rings is 2. The van der Waals surface area contributed by atoms with Crippen molar-refractivity contribution in [2.24, 2.45) is 0 Å². The minimum Gasteiger partial charge on any atom is -0.341 e. The van der Waals surface area contributed by atoms with E-state index < -0.39 is 0 Å². The fourth-order valence-electron chi connectivity index (χ4n) is 2.65. The van der Waals surface area contributed by atoms with Gasteiger partial charge in [-0.3, -0.25) is 0 Å². The van der Waals surface area contributed by atoms with Crippen LogP contribution in [0.1, 0.15) is 30.9 Å². The third-order valence-electron chi connectivity index (χ3n) is 3.74. The summed E-state index contributed by atoms with van der Waals surface area (Å²) in [5, 5.41) is 3.21. The van der Waals surface area contributed by atoms with Gasteiger partial charge in [0.15, 0.2) is 0 Å². The molecule has 0 aliphatic carbocycles. The van der Waals surface area contributed by atoms with Crippen molar-refractivity contribution >= 4 is 11.4 Å². The first kappa shape index (κ1) is 15.6. The Hall–Kier alpha value is -1.80. The number of nitrogens with zero attached hydrogens (tertiary/aromatic N) is 1. The van der Waals surface area contributed by atoms with Crippen LogP contribution in [0.15, 0.2) is 48.5 Å². The standard InChI is InChI=1S/C19H26N2/c1-4-5-13-21(18-9-7-6-8-10-18)19-12-11-17(15-20-3)14-16(19)2/h6-12,14,20H,4-5,13,15H2,1-3H3. The minimum absolute atomic E-state index is 0.918. The number of rotatable bonds is 7. The molecule has 0 heterocycles. The van der Waals surface area contributed by atoms with Crippen LogP contribution in [0.4, 0.5) is 11.4 Å². The number of aryl methyl sites for hydroxylation is 1. The maximum absolute atomic E-state index is 3.21. The number of anilines is 2. The van der Waals surface area contributed by atoms with E-state index in [1.807, 2.05) is 7.05 Å². The first-order valence-electron chi connectivity index (χ1n) is 7.83. The first-order valence-corrected chi connectivity index (χ1v) is 7.83. The van der Waals surface area contributed by atoms with Crippen LogP contribution < -0.4 is 10.2 Å². The molecule has 0 spiro atoms. The van der Waals surface area contributed by atoms with E-state index >= 15 is 0 Å². The van der Waals surface area contributed by atoms with E-state index in [1.165, 1.54) is 35.3 Å². The molecule has 112 valence electrons. The molecule has 0 bridgehead atoms. The van der Waals surface area contributed by atoms with E-state index in [9.17, 15) is 0 Å². The Morgan fingerprint density at radius 1 is 1.05 bits per heavy atom. The highest BCUT2D eigenvalue weighted by atomic mass is 15.1. The van der Waals surface area contributed by atoms with Gasteiger partial charge in [-0.15, -0.1) is 0 Å². The third kappa shape index (κ3) is 4.08. The molecule has 2 rings (SSSR count). The van der Waals surface area contributed by atoms with Crippen molar-refractivity contribution < 1.29 is 0 Å². The normalized spacial score (nSPS) is 10.6.